The van der Waals surface area contributed by atoms with Gasteiger partial charge in [-0.2, -0.15) is 0 Å². The minimum Gasteiger partial charge on any atom is -0.481 e. The predicted molar refractivity (Wildman–Crippen MR) is 101 cm³/mol. The zero-order valence-electron chi connectivity index (χ0n) is 14.7. The Bertz CT molecular complexity index is 677. The highest BCUT2D eigenvalue weighted by Crippen LogP contribution is 2.24. The smallest absolute Gasteiger partial charge is 0.305 e. The van der Waals surface area contributed by atoms with E-state index in [1.807, 2.05) is 30.3 Å². The normalized spacial score (nSPS) is 16.6. The molecule has 2 aromatic carbocycles. The molecule has 1 unspecified atom stereocenters. The first-order valence-corrected chi connectivity index (χ1v) is 8.96. The Morgan fingerprint density at radius 3 is 2.36 bits per heavy atom. The number of carboxylic acids is 1. The fourth-order valence-electron chi connectivity index (χ4n) is 3.48. The molecule has 4 heteroatoms. The first-order valence-electron chi connectivity index (χ1n) is 8.96. The van der Waals surface area contributed by atoms with Gasteiger partial charge in [0.1, 0.15) is 0 Å². The highest BCUT2D eigenvalue weighted by Gasteiger charge is 2.24. The Balaban J connectivity index is 1.59. The maximum absolute atomic E-state index is 11.2. The molecule has 0 saturated carbocycles. The minimum atomic E-state index is -0.765. The second-order valence-corrected chi connectivity index (χ2v) is 6.82. The fraction of sp³-hybridized carbons (Fsp3) is 0.381. The molecular formula is C21H26N2O2. The van der Waals surface area contributed by atoms with Crippen LogP contribution < -0.4 is 10.2 Å². The number of nitrogens with zero attached hydrogens (tertiary/aromatic N) is 1. The van der Waals surface area contributed by atoms with Crippen LogP contribution in [-0.2, 0) is 4.79 Å². The molecule has 1 aliphatic heterocycles. The summed E-state index contributed by atoms with van der Waals surface area (Å²) in [5, 5.41) is 12.8. The van der Waals surface area contributed by atoms with Crippen molar-refractivity contribution in [2.24, 2.45) is 0 Å². The molecule has 0 bridgehead atoms. The van der Waals surface area contributed by atoms with Gasteiger partial charge < -0.3 is 15.3 Å². The Hall–Kier alpha value is -2.33. The van der Waals surface area contributed by atoms with Crippen molar-refractivity contribution in [2.75, 3.05) is 18.0 Å². The molecule has 2 N–H and O–H groups in total. The summed E-state index contributed by atoms with van der Waals surface area (Å²) >= 11 is 0. The molecular weight excluding hydrogens is 312 g/mol. The summed E-state index contributed by atoms with van der Waals surface area (Å²) < 4.78 is 0. The van der Waals surface area contributed by atoms with Gasteiger partial charge in [-0.05, 0) is 37.5 Å². The van der Waals surface area contributed by atoms with E-state index in [-0.39, 0.29) is 12.5 Å². The average molecular weight is 338 g/mol. The third kappa shape index (κ3) is 4.83. The van der Waals surface area contributed by atoms with Gasteiger partial charge in [-0.15, -0.1) is 0 Å². The van der Waals surface area contributed by atoms with Gasteiger partial charge >= 0.3 is 5.97 Å². The number of benzene rings is 2. The van der Waals surface area contributed by atoms with Crippen LogP contribution in [0.4, 0.5) is 5.69 Å². The summed E-state index contributed by atoms with van der Waals surface area (Å²) in [5.41, 5.74) is 3.60. The van der Waals surface area contributed by atoms with E-state index in [1.165, 1.54) is 11.3 Å². The number of carbonyl (C=O) groups is 1. The molecule has 132 valence electrons. The molecule has 0 aromatic heterocycles. The maximum atomic E-state index is 11.2. The van der Waals surface area contributed by atoms with Crippen LogP contribution in [0.5, 0.6) is 0 Å². The molecule has 25 heavy (non-hydrogen) atoms. The summed E-state index contributed by atoms with van der Waals surface area (Å²) in [6.07, 6.45) is 2.16. The Kier molecular flexibility index (Phi) is 5.71. The second-order valence-electron chi connectivity index (χ2n) is 6.82. The number of carboxylic acid groups (broad SMARTS) is 1. The van der Waals surface area contributed by atoms with Crippen molar-refractivity contribution in [2.45, 2.75) is 38.3 Å². The monoisotopic (exact) mass is 338 g/mol. The molecule has 4 nitrogen and oxygen atoms in total. The summed E-state index contributed by atoms with van der Waals surface area (Å²) in [6.45, 7) is 4.09. The van der Waals surface area contributed by atoms with Crippen LogP contribution in [0.1, 0.15) is 36.4 Å². The maximum Gasteiger partial charge on any atom is 0.305 e. The van der Waals surface area contributed by atoms with Gasteiger partial charge in [0.05, 0.1) is 6.42 Å². The van der Waals surface area contributed by atoms with Crippen LogP contribution in [0.15, 0.2) is 54.6 Å². The van der Waals surface area contributed by atoms with Crippen LogP contribution in [0.2, 0.25) is 0 Å². The quantitative estimate of drug-likeness (QED) is 0.842. The van der Waals surface area contributed by atoms with Crippen molar-refractivity contribution in [3.8, 4) is 0 Å². The lowest BCUT2D eigenvalue weighted by atomic mass is 9.98. The lowest BCUT2D eigenvalue weighted by molar-refractivity contribution is -0.137. The zero-order valence-corrected chi connectivity index (χ0v) is 14.7. The van der Waals surface area contributed by atoms with Crippen LogP contribution in [0, 0.1) is 6.92 Å². The zero-order chi connectivity index (χ0) is 17.6. The molecule has 2 aromatic rings. The lowest BCUT2D eigenvalue weighted by Crippen LogP contribution is -2.44. The van der Waals surface area contributed by atoms with Gasteiger partial charge in [-0.3, -0.25) is 4.79 Å². The van der Waals surface area contributed by atoms with Crippen LogP contribution >= 0.6 is 0 Å². The van der Waals surface area contributed by atoms with Gasteiger partial charge in [0.2, 0.25) is 0 Å². The Morgan fingerprint density at radius 2 is 1.76 bits per heavy atom. The van der Waals surface area contributed by atoms with Gasteiger partial charge in [-0.25, -0.2) is 0 Å². The van der Waals surface area contributed by atoms with Gasteiger partial charge in [-0.1, -0.05) is 48.0 Å². The number of aryl methyl sites for hydroxylation is 1. The minimum absolute atomic E-state index is 0.113. The molecule has 1 atom stereocenters. The van der Waals surface area contributed by atoms with E-state index in [0.29, 0.717) is 6.04 Å². The highest BCUT2D eigenvalue weighted by atomic mass is 16.4. The van der Waals surface area contributed by atoms with E-state index in [9.17, 15) is 9.90 Å². The number of rotatable bonds is 6. The number of hydrogen-bond acceptors (Lipinski definition) is 3. The number of aliphatic carboxylic acids is 1. The number of anilines is 1. The third-order valence-electron chi connectivity index (χ3n) is 4.91. The van der Waals surface area contributed by atoms with Crippen molar-refractivity contribution < 1.29 is 9.90 Å². The van der Waals surface area contributed by atoms with Crippen molar-refractivity contribution in [3.05, 3.63) is 65.7 Å². The summed E-state index contributed by atoms with van der Waals surface area (Å²) in [6, 6.07) is 18.8. The van der Waals surface area contributed by atoms with E-state index < -0.39 is 5.97 Å². The molecule has 1 heterocycles. The Labute approximate surface area is 149 Å². The topological polar surface area (TPSA) is 52.6 Å². The molecule has 0 aliphatic carbocycles. The molecule has 1 saturated heterocycles. The molecule has 3 rings (SSSR count). The fourth-order valence-corrected chi connectivity index (χ4v) is 3.48. The standard InChI is InChI=1S/C21H26N2O2/c1-16-7-9-19(10-8-16)23-13-11-18(12-14-23)22-20(15-21(24)25)17-5-3-2-4-6-17/h2-10,18,20,22H,11-15H2,1H3,(H,24,25). The summed E-state index contributed by atoms with van der Waals surface area (Å²) in [7, 11) is 0. The SMILES string of the molecule is Cc1ccc(N2CCC(NC(CC(=O)O)c3ccccc3)CC2)cc1. The van der Waals surface area contributed by atoms with E-state index >= 15 is 0 Å². The van der Waals surface area contributed by atoms with Crippen LogP contribution in [0.3, 0.4) is 0 Å². The van der Waals surface area contributed by atoms with E-state index in [4.69, 9.17) is 0 Å². The van der Waals surface area contributed by atoms with E-state index in [2.05, 4.69) is 41.4 Å². The van der Waals surface area contributed by atoms with Crippen LogP contribution in [-0.4, -0.2) is 30.2 Å². The number of hydrogen-bond donors (Lipinski definition) is 2. The summed E-state index contributed by atoms with van der Waals surface area (Å²) in [5.74, 6) is -0.765. The van der Waals surface area contributed by atoms with Crippen LogP contribution in [0.25, 0.3) is 0 Å². The summed E-state index contributed by atoms with van der Waals surface area (Å²) in [4.78, 5) is 13.7. The largest absolute Gasteiger partial charge is 0.481 e. The molecule has 1 aliphatic rings. The van der Waals surface area contributed by atoms with Crippen molar-refractivity contribution in [1.29, 1.82) is 0 Å². The average Bonchev–Trinajstić information content (AvgIpc) is 2.63. The van der Waals surface area contributed by atoms with Gasteiger partial charge in [0, 0.05) is 30.9 Å². The van der Waals surface area contributed by atoms with Crippen molar-refractivity contribution in [1.82, 2.24) is 5.32 Å². The number of piperidine rings is 1. The first-order chi connectivity index (χ1) is 12.1. The molecule has 0 amide bonds. The second kappa shape index (κ2) is 8.17. The molecule has 1 fully saturated rings. The van der Waals surface area contributed by atoms with Crippen molar-refractivity contribution in [3.63, 3.8) is 0 Å². The molecule has 0 spiro atoms. The number of nitrogens with one attached hydrogen (secondary N) is 1. The molecule has 0 radical (unpaired) electrons. The predicted octanol–water partition coefficient (Wildman–Crippen LogP) is 3.77. The van der Waals surface area contributed by atoms with Crippen molar-refractivity contribution >= 4 is 11.7 Å². The van der Waals surface area contributed by atoms with E-state index in [1.54, 1.807) is 0 Å². The van der Waals surface area contributed by atoms with E-state index in [0.717, 1.165) is 31.5 Å². The third-order valence-corrected chi connectivity index (χ3v) is 4.91. The van der Waals surface area contributed by atoms with Gasteiger partial charge in [0.15, 0.2) is 0 Å². The lowest BCUT2D eigenvalue weighted by Gasteiger charge is -2.36. The first kappa shape index (κ1) is 17.5. The Morgan fingerprint density at radius 1 is 1.12 bits per heavy atom. The highest BCUT2D eigenvalue weighted by molar-refractivity contribution is 5.68. The van der Waals surface area contributed by atoms with Gasteiger partial charge in [0.25, 0.3) is 0 Å².